The van der Waals surface area contributed by atoms with Gasteiger partial charge < -0.3 is 9.32 Å². The topological polar surface area (TPSA) is 46.3 Å². The van der Waals surface area contributed by atoms with Crippen molar-refractivity contribution in [1.29, 1.82) is 0 Å². The summed E-state index contributed by atoms with van der Waals surface area (Å²) < 4.78 is 33.1. The van der Waals surface area contributed by atoms with Gasteiger partial charge in [0.05, 0.1) is 11.8 Å². The van der Waals surface area contributed by atoms with Gasteiger partial charge in [0.2, 0.25) is 5.91 Å². The van der Waals surface area contributed by atoms with Crippen LogP contribution in [0.3, 0.4) is 0 Å². The van der Waals surface area contributed by atoms with E-state index in [4.69, 9.17) is 4.42 Å². The normalized spacial score (nSPS) is 10.8. The maximum Gasteiger partial charge on any atom is 0.223 e. The van der Waals surface area contributed by atoms with Crippen LogP contribution in [0.15, 0.2) is 53.1 Å². The third-order valence-corrected chi connectivity index (χ3v) is 4.41. The zero-order chi connectivity index (χ0) is 19.4. The summed E-state index contributed by atoms with van der Waals surface area (Å²) >= 11 is 0. The van der Waals surface area contributed by atoms with E-state index in [2.05, 4.69) is 4.98 Å². The number of oxazole rings is 1. The average Bonchev–Trinajstić information content (AvgIpc) is 3.10. The zero-order valence-corrected chi connectivity index (χ0v) is 15.2. The van der Waals surface area contributed by atoms with Crippen LogP contribution >= 0.6 is 0 Å². The zero-order valence-electron chi connectivity index (χ0n) is 15.2. The molecule has 0 spiro atoms. The third-order valence-electron chi connectivity index (χ3n) is 4.41. The Morgan fingerprint density at radius 2 is 1.81 bits per heavy atom. The molecule has 6 heteroatoms. The van der Waals surface area contributed by atoms with Crippen LogP contribution < -0.4 is 0 Å². The molecule has 0 fully saturated rings. The highest BCUT2D eigenvalue weighted by atomic mass is 19.1. The van der Waals surface area contributed by atoms with Gasteiger partial charge in [-0.1, -0.05) is 30.3 Å². The van der Waals surface area contributed by atoms with Crippen LogP contribution in [0.1, 0.15) is 23.4 Å². The van der Waals surface area contributed by atoms with Crippen molar-refractivity contribution in [2.45, 2.75) is 26.3 Å². The molecule has 0 unspecified atom stereocenters. The van der Waals surface area contributed by atoms with Crippen LogP contribution in [0.4, 0.5) is 8.78 Å². The van der Waals surface area contributed by atoms with Crippen LogP contribution in [-0.4, -0.2) is 22.8 Å². The summed E-state index contributed by atoms with van der Waals surface area (Å²) in [5, 5.41) is 0. The number of amides is 1. The number of carbonyl (C=O) groups is 1. The molecular formula is C21H20F2N2O2. The Balaban J connectivity index is 1.61. The summed E-state index contributed by atoms with van der Waals surface area (Å²) in [7, 11) is 1.74. The summed E-state index contributed by atoms with van der Waals surface area (Å²) in [5.41, 5.74) is 1.96. The van der Waals surface area contributed by atoms with E-state index in [-0.39, 0.29) is 36.0 Å². The van der Waals surface area contributed by atoms with E-state index in [9.17, 15) is 13.6 Å². The predicted molar refractivity (Wildman–Crippen MR) is 97.8 cm³/mol. The lowest BCUT2D eigenvalue weighted by Crippen LogP contribution is -2.26. The first-order chi connectivity index (χ1) is 13.0. The van der Waals surface area contributed by atoms with E-state index >= 15 is 0 Å². The minimum atomic E-state index is -0.716. The van der Waals surface area contributed by atoms with E-state index in [1.165, 1.54) is 12.3 Å². The highest BCUT2D eigenvalue weighted by Gasteiger charge is 2.17. The SMILES string of the molecule is Cc1ccccc1CN(C)C(=O)CCc1ncc(-c2c(F)cccc2F)o1. The van der Waals surface area contributed by atoms with Gasteiger partial charge in [-0.3, -0.25) is 4.79 Å². The summed E-state index contributed by atoms with van der Waals surface area (Å²) in [6.07, 6.45) is 1.73. The van der Waals surface area contributed by atoms with Crippen molar-refractivity contribution in [3.63, 3.8) is 0 Å². The average molecular weight is 370 g/mol. The number of halogens is 2. The minimum Gasteiger partial charge on any atom is -0.441 e. The summed E-state index contributed by atoms with van der Waals surface area (Å²) in [4.78, 5) is 18.0. The lowest BCUT2D eigenvalue weighted by Gasteiger charge is -2.18. The van der Waals surface area contributed by atoms with E-state index in [0.717, 1.165) is 23.3 Å². The fourth-order valence-electron chi connectivity index (χ4n) is 2.81. The monoisotopic (exact) mass is 370 g/mol. The van der Waals surface area contributed by atoms with Crippen LogP contribution in [0.5, 0.6) is 0 Å². The molecule has 27 heavy (non-hydrogen) atoms. The van der Waals surface area contributed by atoms with Crippen molar-refractivity contribution < 1.29 is 18.0 Å². The molecule has 3 aromatic rings. The van der Waals surface area contributed by atoms with E-state index < -0.39 is 11.6 Å². The maximum absolute atomic E-state index is 13.8. The molecule has 0 aliphatic heterocycles. The van der Waals surface area contributed by atoms with Crippen molar-refractivity contribution >= 4 is 5.91 Å². The van der Waals surface area contributed by atoms with Crippen molar-refractivity contribution in [2.75, 3.05) is 7.05 Å². The first-order valence-corrected chi connectivity index (χ1v) is 8.63. The number of aromatic nitrogens is 1. The van der Waals surface area contributed by atoms with E-state index in [1.807, 2.05) is 31.2 Å². The Morgan fingerprint density at radius 1 is 1.11 bits per heavy atom. The molecule has 1 aromatic heterocycles. The quantitative estimate of drug-likeness (QED) is 0.641. The second-order valence-corrected chi connectivity index (χ2v) is 6.39. The molecule has 0 aliphatic rings. The van der Waals surface area contributed by atoms with Crippen LogP contribution in [0, 0.1) is 18.6 Å². The fraction of sp³-hybridized carbons (Fsp3) is 0.238. The Bertz CT molecular complexity index is 933. The van der Waals surface area contributed by atoms with Crippen molar-refractivity contribution in [3.8, 4) is 11.3 Å². The summed E-state index contributed by atoms with van der Waals surface area (Å²) in [5.74, 6) is -1.21. The van der Waals surface area contributed by atoms with Crippen LogP contribution in [0.2, 0.25) is 0 Å². The second-order valence-electron chi connectivity index (χ2n) is 6.39. The van der Waals surface area contributed by atoms with E-state index in [1.54, 1.807) is 11.9 Å². The first kappa shape index (κ1) is 18.8. The molecule has 4 nitrogen and oxygen atoms in total. The van der Waals surface area contributed by atoms with Gasteiger partial charge >= 0.3 is 0 Å². The minimum absolute atomic E-state index is 0.0151. The van der Waals surface area contributed by atoms with E-state index in [0.29, 0.717) is 6.54 Å². The molecular weight excluding hydrogens is 350 g/mol. The molecule has 0 bridgehead atoms. The van der Waals surface area contributed by atoms with Gasteiger partial charge in [0.25, 0.3) is 0 Å². The Hall–Kier alpha value is -3.02. The highest BCUT2D eigenvalue weighted by molar-refractivity contribution is 5.76. The number of aryl methyl sites for hydroxylation is 2. The first-order valence-electron chi connectivity index (χ1n) is 8.63. The molecule has 0 atom stereocenters. The Labute approximate surface area is 156 Å². The van der Waals surface area contributed by atoms with Crippen molar-refractivity contribution in [1.82, 2.24) is 9.88 Å². The highest BCUT2D eigenvalue weighted by Crippen LogP contribution is 2.26. The Kier molecular flexibility index (Phi) is 5.64. The van der Waals surface area contributed by atoms with Crippen molar-refractivity contribution in [3.05, 3.63) is 77.3 Å². The Morgan fingerprint density at radius 3 is 2.52 bits per heavy atom. The molecule has 0 aliphatic carbocycles. The van der Waals surface area contributed by atoms with Gasteiger partial charge in [0, 0.05) is 26.4 Å². The van der Waals surface area contributed by atoms with Gasteiger partial charge in [0.15, 0.2) is 11.7 Å². The molecule has 0 saturated heterocycles. The second kappa shape index (κ2) is 8.12. The smallest absolute Gasteiger partial charge is 0.223 e. The number of carbonyl (C=O) groups excluding carboxylic acids is 1. The number of hydrogen-bond acceptors (Lipinski definition) is 3. The molecule has 1 heterocycles. The molecule has 2 aromatic carbocycles. The lowest BCUT2D eigenvalue weighted by molar-refractivity contribution is -0.130. The predicted octanol–water partition coefficient (Wildman–Crippen LogP) is 4.52. The van der Waals surface area contributed by atoms with Crippen LogP contribution in [-0.2, 0) is 17.8 Å². The van der Waals surface area contributed by atoms with Gasteiger partial charge in [0.1, 0.15) is 11.6 Å². The largest absolute Gasteiger partial charge is 0.441 e. The lowest BCUT2D eigenvalue weighted by atomic mass is 10.1. The van der Waals surface area contributed by atoms with Crippen molar-refractivity contribution in [2.24, 2.45) is 0 Å². The van der Waals surface area contributed by atoms with Gasteiger partial charge in [-0.15, -0.1) is 0 Å². The summed E-state index contributed by atoms with van der Waals surface area (Å²) in [6.45, 7) is 2.52. The standard InChI is InChI=1S/C21H20F2N2O2/c1-14-6-3-4-7-15(14)13-25(2)20(26)11-10-19-24-12-18(27-19)21-16(22)8-5-9-17(21)23/h3-9,12H,10-11,13H2,1-2H3. The fourth-order valence-corrected chi connectivity index (χ4v) is 2.81. The summed E-state index contributed by atoms with van der Waals surface area (Å²) in [6, 6.07) is 11.5. The maximum atomic E-state index is 13.8. The molecule has 0 radical (unpaired) electrons. The number of hydrogen-bond donors (Lipinski definition) is 0. The van der Waals surface area contributed by atoms with Crippen LogP contribution in [0.25, 0.3) is 11.3 Å². The molecule has 3 rings (SSSR count). The number of rotatable bonds is 6. The number of nitrogens with zero attached hydrogens (tertiary/aromatic N) is 2. The molecule has 0 N–H and O–H groups in total. The molecule has 140 valence electrons. The van der Waals surface area contributed by atoms with Gasteiger partial charge in [-0.2, -0.15) is 0 Å². The molecule has 0 saturated carbocycles. The third kappa shape index (κ3) is 4.39. The number of benzene rings is 2. The van der Waals surface area contributed by atoms with Gasteiger partial charge in [-0.05, 0) is 30.2 Å². The van der Waals surface area contributed by atoms with Gasteiger partial charge in [-0.25, -0.2) is 13.8 Å². The molecule has 1 amide bonds.